The van der Waals surface area contributed by atoms with E-state index in [0.717, 1.165) is 0 Å². The zero-order valence-electron chi connectivity index (χ0n) is 13.1. The van der Waals surface area contributed by atoms with Crippen LogP contribution >= 0.6 is 0 Å². The van der Waals surface area contributed by atoms with E-state index in [-0.39, 0.29) is 11.7 Å². The van der Waals surface area contributed by atoms with E-state index < -0.39 is 5.60 Å². The van der Waals surface area contributed by atoms with Crippen molar-refractivity contribution in [3.8, 4) is 11.5 Å². The van der Waals surface area contributed by atoms with Crippen LogP contribution in [0.1, 0.15) is 43.0 Å². The monoisotopic (exact) mass is 303 g/mol. The van der Waals surface area contributed by atoms with Gasteiger partial charge in [0.05, 0.1) is 19.1 Å². The summed E-state index contributed by atoms with van der Waals surface area (Å²) in [6.07, 6.45) is 2.31. The number of ketones is 1. The number of ether oxygens (including phenoxy) is 2. The Hall–Kier alpha value is -2.04. The molecule has 1 aromatic rings. The normalized spacial score (nSPS) is 19.5. The summed E-state index contributed by atoms with van der Waals surface area (Å²) in [5.41, 5.74) is 0.139. The Bertz CT molecular complexity index is 603. The lowest BCUT2D eigenvalue weighted by atomic mass is 9.82. The van der Waals surface area contributed by atoms with Gasteiger partial charge in [-0.3, -0.25) is 9.59 Å². The van der Waals surface area contributed by atoms with Crippen LogP contribution in [-0.4, -0.2) is 42.4 Å². The first kappa shape index (κ1) is 14.9. The molecule has 1 fully saturated rings. The van der Waals surface area contributed by atoms with E-state index in [1.54, 1.807) is 25.3 Å². The van der Waals surface area contributed by atoms with Gasteiger partial charge in [0.1, 0.15) is 17.1 Å². The molecule has 0 atom stereocenters. The molecule has 118 valence electrons. The minimum Gasteiger partial charge on any atom is -0.497 e. The lowest BCUT2D eigenvalue weighted by Gasteiger charge is -2.44. The first-order chi connectivity index (χ1) is 10.6. The third-order valence-electron chi connectivity index (χ3n) is 4.63. The predicted molar refractivity (Wildman–Crippen MR) is 81.4 cm³/mol. The predicted octanol–water partition coefficient (Wildman–Crippen LogP) is 2.43. The van der Waals surface area contributed by atoms with Crippen LogP contribution in [0.5, 0.6) is 11.5 Å². The van der Waals surface area contributed by atoms with Crippen LogP contribution in [0.2, 0.25) is 0 Å². The van der Waals surface area contributed by atoms with Crippen molar-refractivity contribution < 1.29 is 19.1 Å². The number of likely N-dealkylation sites (tertiary alicyclic amines) is 1. The number of methoxy groups -OCH3 is 1. The second-order valence-corrected chi connectivity index (χ2v) is 5.98. The summed E-state index contributed by atoms with van der Waals surface area (Å²) in [5, 5.41) is 0. The Balaban J connectivity index is 1.78. The molecule has 5 nitrogen and oxygen atoms in total. The molecule has 2 aliphatic heterocycles. The Morgan fingerprint density at radius 1 is 1.36 bits per heavy atom. The number of Topliss-reactive ketones (excluding diaryl/α,β-unsaturated/α-hetero) is 1. The van der Waals surface area contributed by atoms with Gasteiger partial charge in [-0.15, -0.1) is 0 Å². The SMILES string of the molecule is CCC(=O)N1CCC2(CC1)CC(=O)c1cc(OC)ccc1O2. The van der Waals surface area contributed by atoms with Crippen molar-refractivity contribution in [2.75, 3.05) is 20.2 Å². The average molecular weight is 303 g/mol. The van der Waals surface area contributed by atoms with Gasteiger partial charge in [-0.1, -0.05) is 6.92 Å². The molecule has 1 saturated heterocycles. The molecule has 0 aliphatic carbocycles. The lowest BCUT2D eigenvalue weighted by molar-refractivity contribution is -0.134. The van der Waals surface area contributed by atoms with Crippen molar-refractivity contribution in [2.45, 2.75) is 38.2 Å². The molecule has 3 rings (SSSR count). The third kappa shape index (κ3) is 2.56. The van der Waals surface area contributed by atoms with Crippen molar-refractivity contribution in [1.82, 2.24) is 4.90 Å². The van der Waals surface area contributed by atoms with Crippen LogP contribution in [0, 0.1) is 0 Å². The number of piperidine rings is 1. The third-order valence-corrected chi connectivity index (χ3v) is 4.63. The average Bonchev–Trinajstić information content (AvgIpc) is 2.54. The number of hydrogen-bond donors (Lipinski definition) is 0. The summed E-state index contributed by atoms with van der Waals surface area (Å²) in [6.45, 7) is 3.19. The maximum absolute atomic E-state index is 12.5. The molecule has 0 unspecified atom stereocenters. The smallest absolute Gasteiger partial charge is 0.222 e. The van der Waals surface area contributed by atoms with Crippen LogP contribution in [-0.2, 0) is 4.79 Å². The van der Waals surface area contributed by atoms with Crippen LogP contribution in [0.25, 0.3) is 0 Å². The minimum atomic E-state index is -0.455. The molecule has 2 aliphatic rings. The number of carbonyl (C=O) groups excluding carboxylic acids is 2. The Kier molecular flexibility index (Phi) is 3.81. The molecule has 0 saturated carbocycles. The molecule has 1 aromatic carbocycles. The molecular formula is C17H21NO4. The van der Waals surface area contributed by atoms with E-state index in [1.807, 2.05) is 11.8 Å². The van der Waals surface area contributed by atoms with Crippen molar-refractivity contribution in [1.29, 1.82) is 0 Å². The first-order valence-corrected chi connectivity index (χ1v) is 7.75. The Morgan fingerprint density at radius 3 is 2.73 bits per heavy atom. The summed E-state index contributed by atoms with van der Waals surface area (Å²) in [4.78, 5) is 26.1. The number of rotatable bonds is 2. The zero-order chi connectivity index (χ0) is 15.7. The van der Waals surface area contributed by atoms with E-state index in [4.69, 9.17) is 9.47 Å². The Morgan fingerprint density at radius 2 is 2.09 bits per heavy atom. The van der Waals surface area contributed by atoms with Crippen molar-refractivity contribution in [3.05, 3.63) is 23.8 Å². The van der Waals surface area contributed by atoms with Gasteiger partial charge in [0, 0.05) is 32.4 Å². The van der Waals surface area contributed by atoms with Gasteiger partial charge in [-0.05, 0) is 18.2 Å². The number of fused-ring (bicyclic) bond motifs is 1. The van der Waals surface area contributed by atoms with Crippen molar-refractivity contribution in [3.63, 3.8) is 0 Å². The first-order valence-electron chi connectivity index (χ1n) is 7.75. The van der Waals surface area contributed by atoms with Gasteiger partial charge in [-0.25, -0.2) is 0 Å². The fourth-order valence-electron chi connectivity index (χ4n) is 3.27. The highest BCUT2D eigenvalue weighted by Crippen LogP contribution is 2.40. The molecule has 0 N–H and O–H groups in total. The van der Waals surface area contributed by atoms with Crippen LogP contribution in [0.4, 0.5) is 0 Å². The number of hydrogen-bond acceptors (Lipinski definition) is 4. The highest BCUT2D eigenvalue weighted by molar-refractivity contribution is 6.00. The summed E-state index contributed by atoms with van der Waals surface area (Å²) >= 11 is 0. The second-order valence-electron chi connectivity index (χ2n) is 5.98. The summed E-state index contributed by atoms with van der Waals surface area (Å²) < 4.78 is 11.3. The quantitative estimate of drug-likeness (QED) is 0.842. The van der Waals surface area contributed by atoms with Gasteiger partial charge >= 0.3 is 0 Å². The molecule has 1 amide bonds. The van der Waals surface area contributed by atoms with Crippen molar-refractivity contribution in [2.24, 2.45) is 0 Å². The maximum atomic E-state index is 12.5. The molecule has 0 bridgehead atoms. The van der Waals surface area contributed by atoms with E-state index in [2.05, 4.69) is 0 Å². The molecule has 22 heavy (non-hydrogen) atoms. The van der Waals surface area contributed by atoms with Gasteiger partial charge in [0.2, 0.25) is 5.91 Å². The molecule has 2 heterocycles. The van der Waals surface area contributed by atoms with Crippen molar-refractivity contribution >= 4 is 11.7 Å². The summed E-state index contributed by atoms with van der Waals surface area (Å²) in [5.74, 6) is 1.56. The summed E-state index contributed by atoms with van der Waals surface area (Å²) in [6, 6.07) is 5.34. The number of carbonyl (C=O) groups is 2. The van der Waals surface area contributed by atoms with E-state index >= 15 is 0 Å². The van der Waals surface area contributed by atoms with Crippen LogP contribution in [0.3, 0.4) is 0 Å². The molecule has 1 spiro atoms. The molecule has 0 aromatic heterocycles. The zero-order valence-corrected chi connectivity index (χ0v) is 13.1. The lowest BCUT2D eigenvalue weighted by Crippen LogP contribution is -2.52. The van der Waals surface area contributed by atoms with E-state index in [1.165, 1.54) is 0 Å². The van der Waals surface area contributed by atoms with Crippen LogP contribution in [0.15, 0.2) is 18.2 Å². The molecular weight excluding hydrogens is 282 g/mol. The topological polar surface area (TPSA) is 55.8 Å². The fraction of sp³-hybridized carbons (Fsp3) is 0.529. The Labute approximate surface area is 130 Å². The molecule has 5 heteroatoms. The number of nitrogens with zero attached hydrogens (tertiary/aromatic N) is 1. The highest BCUT2D eigenvalue weighted by Gasteiger charge is 2.43. The van der Waals surface area contributed by atoms with Gasteiger partial charge in [0.15, 0.2) is 5.78 Å². The largest absolute Gasteiger partial charge is 0.497 e. The highest BCUT2D eigenvalue weighted by atomic mass is 16.5. The molecule has 0 radical (unpaired) electrons. The van der Waals surface area contributed by atoms with Gasteiger partial charge in [0.25, 0.3) is 0 Å². The summed E-state index contributed by atoms with van der Waals surface area (Å²) in [7, 11) is 1.58. The number of amides is 1. The van der Waals surface area contributed by atoms with Gasteiger partial charge < -0.3 is 14.4 Å². The standard InChI is InChI=1S/C17H21NO4/c1-3-16(20)18-8-6-17(7-9-18)11-14(19)13-10-12(21-2)4-5-15(13)22-17/h4-5,10H,3,6-9,11H2,1-2H3. The second kappa shape index (κ2) is 5.63. The van der Waals surface area contributed by atoms with E-state index in [9.17, 15) is 9.59 Å². The fourth-order valence-corrected chi connectivity index (χ4v) is 3.27. The minimum absolute atomic E-state index is 0.0930. The van der Waals surface area contributed by atoms with E-state index in [0.29, 0.717) is 55.8 Å². The van der Waals surface area contributed by atoms with Crippen LogP contribution < -0.4 is 9.47 Å². The maximum Gasteiger partial charge on any atom is 0.222 e. The number of benzene rings is 1. The van der Waals surface area contributed by atoms with Gasteiger partial charge in [-0.2, -0.15) is 0 Å².